The van der Waals surface area contributed by atoms with Crippen molar-refractivity contribution in [2.45, 2.75) is 19.8 Å². The van der Waals surface area contributed by atoms with Crippen molar-refractivity contribution in [3.8, 4) is 0 Å². The van der Waals surface area contributed by atoms with Crippen LogP contribution in [0.2, 0.25) is 0 Å². The third kappa shape index (κ3) is 6.80. The summed E-state index contributed by atoms with van der Waals surface area (Å²) in [6.45, 7) is 6.18. The van der Waals surface area contributed by atoms with Crippen LogP contribution < -0.4 is 5.32 Å². The van der Waals surface area contributed by atoms with Crippen LogP contribution in [0.15, 0.2) is 18.2 Å². The first-order valence-corrected chi connectivity index (χ1v) is 8.62. The number of benzene rings is 1. The molecule has 1 N–H and O–H groups in total. The second-order valence-electron chi connectivity index (χ2n) is 5.88. The van der Waals surface area contributed by atoms with Crippen molar-refractivity contribution in [2.24, 2.45) is 0 Å². The van der Waals surface area contributed by atoms with Crippen LogP contribution in [-0.2, 0) is 20.7 Å². The molecule has 0 bridgehead atoms. The standard InChI is InChI=1S/C18H25FN2O4/c1-2-14-11-15(13-16(19)12-14)18(23)20-4-3-17(22)25-10-7-21-5-8-24-9-6-21/h11-13H,2-10H2,1H3,(H,20,23). The molecule has 2 rings (SSSR count). The summed E-state index contributed by atoms with van der Waals surface area (Å²) in [7, 11) is 0. The van der Waals surface area contributed by atoms with Gasteiger partial charge in [0.25, 0.3) is 5.91 Å². The number of esters is 1. The van der Waals surface area contributed by atoms with Crippen LogP contribution in [0.1, 0.15) is 29.3 Å². The highest BCUT2D eigenvalue weighted by atomic mass is 19.1. The van der Waals surface area contributed by atoms with Gasteiger partial charge in [0, 0.05) is 31.7 Å². The zero-order chi connectivity index (χ0) is 18.1. The van der Waals surface area contributed by atoms with E-state index in [9.17, 15) is 14.0 Å². The molecule has 1 aliphatic heterocycles. The number of hydrogen-bond donors (Lipinski definition) is 1. The summed E-state index contributed by atoms with van der Waals surface area (Å²) in [4.78, 5) is 25.9. The number of carbonyl (C=O) groups is 2. The van der Waals surface area contributed by atoms with Gasteiger partial charge in [0.1, 0.15) is 12.4 Å². The highest BCUT2D eigenvalue weighted by molar-refractivity contribution is 5.94. The lowest BCUT2D eigenvalue weighted by Crippen LogP contribution is -2.38. The summed E-state index contributed by atoms with van der Waals surface area (Å²) in [5, 5.41) is 2.61. The Balaban J connectivity index is 1.64. The molecule has 1 saturated heterocycles. The van der Waals surface area contributed by atoms with E-state index in [4.69, 9.17) is 9.47 Å². The monoisotopic (exact) mass is 352 g/mol. The molecule has 1 aliphatic rings. The molecule has 0 unspecified atom stereocenters. The number of morpholine rings is 1. The van der Waals surface area contributed by atoms with E-state index in [2.05, 4.69) is 10.2 Å². The molecule has 0 aliphatic carbocycles. The van der Waals surface area contributed by atoms with Gasteiger partial charge >= 0.3 is 5.97 Å². The molecule has 0 saturated carbocycles. The molecule has 25 heavy (non-hydrogen) atoms. The Bertz CT molecular complexity index is 588. The van der Waals surface area contributed by atoms with Crippen molar-refractivity contribution in [3.05, 3.63) is 35.1 Å². The van der Waals surface area contributed by atoms with E-state index < -0.39 is 11.7 Å². The van der Waals surface area contributed by atoms with Crippen molar-refractivity contribution >= 4 is 11.9 Å². The molecular formula is C18H25FN2O4. The van der Waals surface area contributed by atoms with Gasteiger partial charge in [0.05, 0.1) is 19.6 Å². The fourth-order valence-electron chi connectivity index (χ4n) is 2.55. The average molecular weight is 352 g/mol. The largest absolute Gasteiger partial charge is 0.464 e. The Kier molecular flexibility index (Phi) is 7.81. The van der Waals surface area contributed by atoms with E-state index in [1.165, 1.54) is 12.1 Å². The molecule has 6 nitrogen and oxygen atoms in total. The number of carbonyl (C=O) groups excluding carboxylic acids is 2. The van der Waals surface area contributed by atoms with Crippen LogP contribution in [0.25, 0.3) is 0 Å². The summed E-state index contributed by atoms with van der Waals surface area (Å²) in [5.74, 6) is -1.19. The van der Waals surface area contributed by atoms with E-state index in [0.717, 1.165) is 18.7 Å². The van der Waals surface area contributed by atoms with Gasteiger partial charge in [0.2, 0.25) is 0 Å². The average Bonchev–Trinajstić information content (AvgIpc) is 2.62. The maximum atomic E-state index is 13.5. The van der Waals surface area contributed by atoms with Gasteiger partial charge in [-0.3, -0.25) is 14.5 Å². The lowest BCUT2D eigenvalue weighted by atomic mass is 10.1. The van der Waals surface area contributed by atoms with Crippen LogP contribution >= 0.6 is 0 Å². The van der Waals surface area contributed by atoms with Gasteiger partial charge in [-0.05, 0) is 30.2 Å². The minimum atomic E-state index is -0.438. The first-order chi connectivity index (χ1) is 12.1. The lowest BCUT2D eigenvalue weighted by molar-refractivity contribution is -0.144. The number of ether oxygens (including phenoxy) is 2. The predicted molar refractivity (Wildman–Crippen MR) is 90.9 cm³/mol. The fourth-order valence-corrected chi connectivity index (χ4v) is 2.55. The van der Waals surface area contributed by atoms with Crippen molar-refractivity contribution in [1.82, 2.24) is 10.2 Å². The second kappa shape index (κ2) is 10.1. The lowest BCUT2D eigenvalue weighted by Gasteiger charge is -2.26. The van der Waals surface area contributed by atoms with Crippen LogP contribution in [0, 0.1) is 5.82 Å². The second-order valence-corrected chi connectivity index (χ2v) is 5.88. The number of halogens is 1. The van der Waals surface area contributed by atoms with Gasteiger partial charge in [0.15, 0.2) is 0 Å². The molecule has 1 aromatic rings. The maximum absolute atomic E-state index is 13.5. The zero-order valence-corrected chi connectivity index (χ0v) is 14.6. The van der Waals surface area contributed by atoms with Crippen LogP contribution in [0.4, 0.5) is 4.39 Å². The van der Waals surface area contributed by atoms with Crippen molar-refractivity contribution in [3.63, 3.8) is 0 Å². The van der Waals surface area contributed by atoms with Gasteiger partial charge in [-0.15, -0.1) is 0 Å². The maximum Gasteiger partial charge on any atom is 0.307 e. The van der Waals surface area contributed by atoms with E-state index in [1.54, 1.807) is 6.07 Å². The Morgan fingerprint density at radius 3 is 2.76 bits per heavy atom. The van der Waals surface area contributed by atoms with Gasteiger partial charge in [-0.25, -0.2) is 4.39 Å². The third-order valence-corrected chi connectivity index (χ3v) is 4.02. The Labute approximate surface area is 147 Å². The van der Waals surface area contributed by atoms with E-state index in [-0.39, 0.29) is 24.5 Å². The van der Waals surface area contributed by atoms with Crippen LogP contribution in [-0.4, -0.2) is 62.8 Å². The fraction of sp³-hybridized carbons (Fsp3) is 0.556. The molecule has 0 aromatic heterocycles. The minimum Gasteiger partial charge on any atom is -0.464 e. The van der Waals surface area contributed by atoms with E-state index in [1.807, 2.05) is 6.92 Å². The normalized spacial score (nSPS) is 15.0. The number of rotatable bonds is 8. The molecule has 0 spiro atoms. The van der Waals surface area contributed by atoms with Gasteiger partial charge < -0.3 is 14.8 Å². The summed E-state index contributed by atoms with van der Waals surface area (Å²) in [6, 6.07) is 4.25. The number of nitrogens with one attached hydrogen (secondary N) is 1. The van der Waals surface area contributed by atoms with Crippen molar-refractivity contribution in [1.29, 1.82) is 0 Å². The molecule has 1 fully saturated rings. The smallest absolute Gasteiger partial charge is 0.307 e. The van der Waals surface area contributed by atoms with Crippen molar-refractivity contribution < 1.29 is 23.5 Å². The summed E-state index contributed by atoms with van der Waals surface area (Å²) < 4.78 is 23.9. The first-order valence-electron chi connectivity index (χ1n) is 8.62. The Morgan fingerprint density at radius 1 is 1.28 bits per heavy atom. The number of nitrogens with zero attached hydrogens (tertiary/aromatic N) is 1. The number of aryl methyl sites for hydroxylation is 1. The summed E-state index contributed by atoms with van der Waals surface area (Å²) >= 11 is 0. The quantitative estimate of drug-likeness (QED) is 0.716. The Hall–Kier alpha value is -1.99. The molecular weight excluding hydrogens is 327 g/mol. The molecule has 0 radical (unpaired) electrons. The number of amides is 1. The molecule has 1 heterocycles. The Morgan fingerprint density at radius 2 is 2.04 bits per heavy atom. The topological polar surface area (TPSA) is 67.9 Å². The molecule has 7 heteroatoms. The highest BCUT2D eigenvalue weighted by Gasteiger charge is 2.12. The molecule has 1 amide bonds. The third-order valence-electron chi connectivity index (χ3n) is 4.02. The summed E-state index contributed by atoms with van der Waals surface area (Å²) in [6.07, 6.45) is 0.734. The van der Waals surface area contributed by atoms with Gasteiger partial charge in [-0.1, -0.05) is 6.92 Å². The minimum absolute atomic E-state index is 0.0881. The summed E-state index contributed by atoms with van der Waals surface area (Å²) in [5.41, 5.74) is 1.02. The molecule has 1 aromatic carbocycles. The first kappa shape index (κ1) is 19.3. The highest BCUT2D eigenvalue weighted by Crippen LogP contribution is 2.10. The molecule has 138 valence electrons. The van der Waals surface area contributed by atoms with Gasteiger partial charge in [-0.2, -0.15) is 0 Å². The predicted octanol–water partition coefficient (Wildman–Crippen LogP) is 1.38. The van der Waals surface area contributed by atoms with Crippen molar-refractivity contribution in [2.75, 3.05) is 46.0 Å². The van der Waals surface area contributed by atoms with Crippen LogP contribution in [0.3, 0.4) is 0 Å². The molecule has 0 atom stereocenters. The van der Waals surface area contributed by atoms with E-state index in [0.29, 0.717) is 32.8 Å². The van der Waals surface area contributed by atoms with Crippen LogP contribution in [0.5, 0.6) is 0 Å². The van der Waals surface area contributed by atoms with E-state index >= 15 is 0 Å². The SMILES string of the molecule is CCc1cc(F)cc(C(=O)NCCC(=O)OCCN2CCOCC2)c1. The number of hydrogen-bond acceptors (Lipinski definition) is 5. The zero-order valence-electron chi connectivity index (χ0n) is 14.6.